The molecule has 0 radical (unpaired) electrons. The number of nitriles is 2. The van der Waals surface area contributed by atoms with Crippen molar-refractivity contribution in [1.29, 1.82) is 10.5 Å². The number of carbonyl (C=O) groups excluding carboxylic acids is 1. The zero-order valence-electron chi connectivity index (χ0n) is 14.4. The minimum atomic E-state index is -3.80. The molecular weight excluding hydrogens is 364 g/mol. The fourth-order valence-electron chi connectivity index (χ4n) is 2.96. The van der Waals surface area contributed by atoms with Crippen LogP contribution in [-0.2, 0) is 10.0 Å². The summed E-state index contributed by atoms with van der Waals surface area (Å²) in [4.78, 5) is 14.1. The molecule has 136 valence electrons. The molecule has 0 spiro atoms. The topological polar surface area (TPSA) is 105 Å². The Kier molecular flexibility index (Phi) is 5.22. The fourth-order valence-corrected chi connectivity index (χ4v) is 4.52. The Bertz CT molecular complexity index is 1060. The Labute approximate surface area is 157 Å². The lowest BCUT2D eigenvalue weighted by Gasteiger charge is -2.34. The molecule has 0 unspecified atom stereocenters. The van der Waals surface area contributed by atoms with Crippen molar-refractivity contribution in [2.24, 2.45) is 0 Å². The van der Waals surface area contributed by atoms with Crippen molar-refractivity contribution < 1.29 is 13.2 Å². The fraction of sp³-hybridized carbons (Fsp3) is 0.211. The molecule has 1 heterocycles. The van der Waals surface area contributed by atoms with Gasteiger partial charge in [0.1, 0.15) is 6.07 Å². The quantitative estimate of drug-likeness (QED) is 0.804. The second kappa shape index (κ2) is 7.58. The third-order valence-electron chi connectivity index (χ3n) is 4.39. The highest BCUT2D eigenvalue weighted by Crippen LogP contribution is 2.21. The van der Waals surface area contributed by atoms with Crippen LogP contribution in [0.4, 0.5) is 0 Å². The highest BCUT2D eigenvalue weighted by molar-refractivity contribution is 7.89. The molecule has 8 heteroatoms. The Morgan fingerprint density at radius 1 is 0.926 bits per heavy atom. The van der Waals surface area contributed by atoms with Crippen molar-refractivity contribution in [2.75, 3.05) is 26.2 Å². The van der Waals surface area contributed by atoms with Crippen LogP contribution in [0, 0.1) is 22.7 Å². The molecule has 27 heavy (non-hydrogen) atoms. The standard InChI is InChI=1S/C19H16N4O3S/c20-13-15-4-3-6-16(12-15)19(24)22-8-10-23(11-9-22)27(25,26)18-7-2-1-5-17(18)14-21/h1-7,12H,8-11H2. The summed E-state index contributed by atoms with van der Waals surface area (Å²) in [6.45, 7) is 0.769. The normalized spacial score (nSPS) is 15.0. The van der Waals surface area contributed by atoms with E-state index in [-0.39, 0.29) is 42.5 Å². The van der Waals surface area contributed by atoms with Crippen LogP contribution in [0.25, 0.3) is 0 Å². The maximum Gasteiger partial charge on any atom is 0.253 e. The van der Waals surface area contributed by atoms with E-state index < -0.39 is 10.0 Å². The number of nitrogens with zero attached hydrogens (tertiary/aromatic N) is 4. The average Bonchev–Trinajstić information content (AvgIpc) is 2.73. The smallest absolute Gasteiger partial charge is 0.253 e. The van der Waals surface area contributed by atoms with Crippen LogP contribution in [0.1, 0.15) is 21.5 Å². The molecule has 3 rings (SSSR count). The second-order valence-electron chi connectivity index (χ2n) is 6.00. The molecule has 0 N–H and O–H groups in total. The van der Waals surface area contributed by atoms with E-state index in [2.05, 4.69) is 0 Å². The van der Waals surface area contributed by atoms with Gasteiger partial charge in [-0.1, -0.05) is 18.2 Å². The Balaban J connectivity index is 1.74. The first-order valence-electron chi connectivity index (χ1n) is 8.26. The number of hydrogen-bond donors (Lipinski definition) is 0. The molecule has 1 aliphatic heterocycles. The first-order valence-corrected chi connectivity index (χ1v) is 9.70. The second-order valence-corrected chi connectivity index (χ2v) is 7.90. The average molecular weight is 380 g/mol. The van der Waals surface area contributed by atoms with Gasteiger partial charge in [-0.15, -0.1) is 0 Å². The summed E-state index contributed by atoms with van der Waals surface area (Å²) in [6.07, 6.45) is 0. The molecule has 7 nitrogen and oxygen atoms in total. The van der Waals surface area contributed by atoms with E-state index in [1.165, 1.54) is 22.5 Å². The monoisotopic (exact) mass is 380 g/mol. The van der Waals surface area contributed by atoms with E-state index in [4.69, 9.17) is 10.5 Å². The number of carbonyl (C=O) groups is 1. The summed E-state index contributed by atoms with van der Waals surface area (Å²) >= 11 is 0. The van der Waals surface area contributed by atoms with Crippen LogP contribution in [0.5, 0.6) is 0 Å². The van der Waals surface area contributed by atoms with E-state index in [0.29, 0.717) is 11.1 Å². The highest BCUT2D eigenvalue weighted by Gasteiger charge is 2.31. The molecule has 1 aliphatic rings. The summed E-state index contributed by atoms with van der Waals surface area (Å²) in [6, 6.07) is 16.4. The van der Waals surface area contributed by atoms with E-state index >= 15 is 0 Å². The van der Waals surface area contributed by atoms with Crippen molar-refractivity contribution in [1.82, 2.24) is 9.21 Å². The minimum absolute atomic E-state index is 0.0194. The van der Waals surface area contributed by atoms with Crippen molar-refractivity contribution >= 4 is 15.9 Å². The largest absolute Gasteiger partial charge is 0.336 e. The SMILES string of the molecule is N#Cc1cccc(C(=O)N2CCN(S(=O)(=O)c3ccccc3C#N)CC2)c1. The first kappa shape index (κ1) is 18.6. The Morgan fingerprint density at radius 2 is 1.63 bits per heavy atom. The van der Waals surface area contributed by atoms with Gasteiger partial charge in [0.25, 0.3) is 5.91 Å². The van der Waals surface area contributed by atoms with E-state index in [1.54, 1.807) is 35.2 Å². The van der Waals surface area contributed by atoms with Crippen molar-refractivity contribution in [3.8, 4) is 12.1 Å². The third kappa shape index (κ3) is 3.68. The lowest BCUT2D eigenvalue weighted by Crippen LogP contribution is -2.50. The van der Waals surface area contributed by atoms with E-state index in [9.17, 15) is 13.2 Å². The van der Waals surface area contributed by atoms with Crippen LogP contribution >= 0.6 is 0 Å². The molecule has 0 bridgehead atoms. The molecule has 0 aliphatic carbocycles. The number of rotatable bonds is 3. The van der Waals surface area contributed by atoms with Crippen LogP contribution in [-0.4, -0.2) is 49.7 Å². The van der Waals surface area contributed by atoms with Crippen LogP contribution < -0.4 is 0 Å². The number of hydrogen-bond acceptors (Lipinski definition) is 5. The summed E-state index contributed by atoms with van der Waals surface area (Å²) in [5.74, 6) is -0.235. The van der Waals surface area contributed by atoms with Crippen molar-refractivity contribution in [3.05, 3.63) is 65.2 Å². The predicted octanol–water partition coefficient (Wildman–Crippen LogP) is 1.58. The molecule has 0 saturated carbocycles. The van der Waals surface area contributed by atoms with Gasteiger partial charge < -0.3 is 4.90 Å². The van der Waals surface area contributed by atoms with Crippen LogP contribution in [0.15, 0.2) is 53.4 Å². The van der Waals surface area contributed by atoms with Gasteiger partial charge in [0, 0.05) is 31.7 Å². The maximum absolute atomic E-state index is 12.8. The summed E-state index contributed by atoms with van der Waals surface area (Å²) < 4.78 is 27.0. The van der Waals surface area contributed by atoms with Gasteiger partial charge in [-0.2, -0.15) is 14.8 Å². The van der Waals surface area contributed by atoms with Gasteiger partial charge in [0.05, 0.1) is 22.1 Å². The van der Waals surface area contributed by atoms with Crippen molar-refractivity contribution in [2.45, 2.75) is 4.90 Å². The highest BCUT2D eigenvalue weighted by atomic mass is 32.2. The van der Waals surface area contributed by atoms with E-state index in [0.717, 1.165) is 0 Å². The Morgan fingerprint density at radius 3 is 2.30 bits per heavy atom. The lowest BCUT2D eigenvalue weighted by atomic mass is 10.1. The summed E-state index contributed by atoms with van der Waals surface area (Å²) in [5.41, 5.74) is 0.902. The molecule has 0 aromatic heterocycles. The number of benzene rings is 2. The van der Waals surface area contributed by atoms with E-state index in [1.807, 2.05) is 12.1 Å². The van der Waals surface area contributed by atoms with Gasteiger partial charge in [-0.05, 0) is 30.3 Å². The number of amides is 1. The van der Waals surface area contributed by atoms with Gasteiger partial charge in [0.2, 0.25) is 10.0 Å². The molecule has 2 aromatic rings. The molecule has 1 amide bonds. The van der Waals surface area contributed by atoms with Crippen molar-refractivity contribution in [3.63, 3.8) is 0 Å². The molecular formula is C19H16N4O3S. The minimum Gasteiger partial charge on any atom is -0.336 e. The van der Waals surface area contributed by atoms with Crippen LogP contribution in [0.2, 0.25) is 0 Å². The van der Waals surface area contributed by atoms with Gasteiger partial charge in [-0.25, -0.2) is 8.42 Å². The molecule has 1 fully saturated rings. The first-order chi connectivity index (χ1) is 13.0. The van der Waals surface area contributed by atoms with Gasteiger partial charge >= 0.3 is 0 Å². The lowest BCUT2D eigenvalue weighted by molar-refractivity contribution is 0.0698. The summed E-state index contributed by atoms with van der Waals surface area (Å²) in [7, 11) is -3.80. The molecule has 0 atom stereocenters. The Hall–Kier alpha value is -3.20. The van der Waals surface area contributed by atoms with Gasteiger partial charge in [0.15, 0.2) is 0 Å². The summed E-state index contributed by atoms with van der Waals surface area (Å²) in [5, 5.41) is 18.1. The van der Waals surface area contributed by atoms with Gasteiger partial charge in [-0.3, -0.25) is 4.79 Å². The molecule has 1 saturated heterocycles. The number of piperazine rings is 1. The predicted molar refractivity (Wildman–Crippen MR) is 97.0 cm³/mol. The zero-order chi connectivity index (χ0) is 19.4. The number of sulfonamides is 1. The zero-order valence-corrected chi connectivity index (χ0v) is 15.2. The maximum atomic E-state index is 12.8. The van der Waals surface area contributed by atoms with Crippen LogP contribution in [0.3, 0.4) is 0 Å². The third-order valence-corrected chi connectivity index (χ3v) is 6.35. The molecule has 2 aromatic carbocycles.